The van der Waals surface area contributed by atoms with Crippen molar-refractivity contribution in [1.29, 1.82) is 0 Å². The van der Waals surface area contributed by atoms with E-state index in [1.165, 1.54) is 61.6 Å². The molecule has 2 heteroatoms. The first-order valence-electron chi connectivity index (χ1n) is 8.61. The molecule has 1 saturated carbocycles. The standard InChI is InChI=1S/C19H30ClN/c1-4-21-19(13-16-9-7-5-6-8-10-16)17-11-15(3)18(20)12-14(17)2/h11-12,16,19,21H,4-10,13H2,1-3H3. The van der Waals surface area contributed by atoms with Gasteiger partial charge in [0.15, 0.2) is 0 Å². The summed E-state index contributed by atoms with van der Waals surface area (Å²) in [5.74, 6) is 0.881. The van der Waals surface area contributed by atoms with Crippen LogP contribution in [0.25, 0.3) is 0 Å². The lowest BCUT2D eigenvalue weighted by Crippen LogP contribution is -2.24. The van der Waals surface area contributed by atoms with E-state index in [1.807, 2.05) is 0 Å². The average Bonchev–Trinajstić information content (AvgIpc) is 2.71. The molecular formula is C19H30ClN. The Hall–Kier alpha value is -0.530. The van der Waals surface area contributed by atoms with E-state index in [0.717, 1.165) is 17.5 Å². The lowest BCUT2D eigenvalue weighted by Gasteiger charge is -2.26. The van der Waals surface area contributed by atoms with Crippen LogP contribution in [0.2, 0.25) is 5.02 Å². The summed E-state index contributed by atoms with van der Waals surface area (Å²) < 4.78 is 0. The van der Waals surface area contributed by atoms with Gasteiger partial charge in [-0.1, -0.05) is 63.1 Å². The average molecular weight is 308 g/mol. The van der Waals surface area contributed by atoms with Crippen molar-refractivity contribution in [1.82, 2.24) is 5.32 Å². The van der Waals surface area contributed by atoms with Crippen molar-refractivity contribution in [2.45, 2.75) is 71.8 Å². The van der Waals surface area contributed by atoms with Crippen LogP contribution in [0.15, 0.2) is 12.1 Å². The molecule has 0 amide bonds. The van der Waals surface area contributed by atoms with Crippen molar-refractivity contribution >= 4 is 11.6 Å². The van der Waals surface area contributed by atoms with Crippen molar-refractivity contribution in [3.05, 3.63) is 33.8 Å². The van der Waals surface area contributed by atoms with E-state index >= 15 is 0 Å². The van der Waals surface area contributed by atoms with Crippen LogP contribution in [0.4, 0.5) is 0 Å². The van der Waals surface area contributed by atoms with E-state index in [1.54, 1.807) is 0 Å². The maximum Gasteiger partial charge on any atom is 0.0438 e. The van der Waals surface area contributed by atoms with Crippen LogP contribution < -0.4 is 5.32 Å². The third kappa shape index (κ3) is 4.72. The van der Waals surface area contributed by atoms with E-state index in [4.69, 9.17) is 11.6 Å². The second-order valence-electron chi connectivity index (χ2n) is 6.66. The molecule has 1 aliphatic rings. The molecule has 0 heterocycles. The van der Waals surface area contributed by atoms with Crippen LogP contribution in [0.1, 0.15) is 74.6 Å². The van der Waals surface area contributed by atoms with Gasteiger partial charge < -0.3 is 5.32 Å². The van der Waals surface area contributed by atoms with Gasteiger partial charge in [-0.3, -0.25) is 0 Å². The fourth-order valence-electron chi connectivity index (χ4n) is 3.68. The van der Waals surface area contributed by atoms with E-state index in [0.29, 0.717) is 6.04 Å². The summed E-state index contributed by atoms with van der Waals surface area (Å²) in [6, 6.07) is 4.90. The van der Waals surface area contributed by atoms with Crippen molar-refractivity contribution in [2.24, 2.45) is 5.92 Å². The first-order chi connectivity index (χ1) is 10.1. The number of hydrogen-bond acceptors (Lipinski definition) is 1. The van der Waals surface area contributed by atoms with Crippen molar-refractivity contribution < 1.29 is 0 Å². The summed E-state index contributed by atoms with van der Waals surface area (Å²) >= 11 is 6.26. The fourth-order valence-corrected chi connectivity index (χ4v) is 3.90. The molecule has 0 aliphatic heterocycles. The molecular weight excluding hydrogens is 278 g/mol. The molecule has 0 aromatic heterocycles. The zero-order valence-corrected chi connectivity index (χ0v) is 14.6. The third-order valence-electron chi connectivity index (χ3n) is 4.92. The maximum atomic E-state index is 6.26. The second-order valence-corrected chi connectivity index (χ2v) is 7.07. The van der Waals surface area contributed by atoms with Gasteiger partial charge in [0.25, 0.3) is 0 Å². The Bertz CT molecular complexity index is 447. The third-order valence-corrected chi connectivity index (χ3v) is 5.32. The Balaban J connectivity index is 2.15. The molecule has 2 rings (SSSR count). The summed E-state index contributed by atoms with van der Waals surface area (Å²) in [7, 11) is 0. The first kappa shape index (κ1) is 16.8. The van der Waals surface area contributed by atoms with Gasteiger partial charge in [0.1, 0.15) is 0 Å². The topological polar surface area (TPSA) is 12.0 Å². The van der Waals surface area contributed by atoms with Crippen LogP contribution in [0, 0.1) is 19.8 Å². The number of hydrogen-bond donors (Lipinski definition) is 1. The highest BCUT2D eigenvalue weighted by atomic mass is 35.5. The van der Waals surface area contributed by atoms with E-state index in [9.17, 15) is 0 Å². The van der Waals surface area contributed by atoms with Gasteiger partial charge >= 0.3 is 0 Å². The molecule has 21 heavy (non-hydrogen) atoms. The second kappa shape index (κ2) is 8.19. The van der Waals surface area contributed by atoms with Gasteiger partial charge in [-0.2, -0.15) is 0 Å². The number of benzene rings is 1. The molecule has 0 bridgehead atoms. The highest BCUT2D eigenvalue weighted by molar-refractivity contribution is 6.31. The van der Waals surface area contributed by atoms with Crippen LogP contribution in [0.3, 0.4) is 0 Å². The van der Waals surface area contributed by atoms with E-state index in [2.05, 4.69) is 38.2 Å². The highest BCUT2D eigenvalue weighted by Crippen LogP contribution is 2.33. The quantitative estimate of drug-likeness (QED) is 0.661. The summed E-state index contributed by atoms with van der Waals surface area (Å²) in [5.41, 5.74) is 3.97. The van der Waals surface area contributed by atoms with E-state index in [-0.39, 0.29) is 0 Å². The Morgan fingerprint density at radius 3 is 2.38 bits per heavy atom. The van der Waals surface area contributed by atoms with Crippen molar-refractivity contribution in [3.63, 3.8) is 0 Å². The molecule has 1 N–H and O–H groups in total. The van der Waals surface area contributed by atoms with Gasteiger partial charge in [0.2, 0.25) is 0 Å². The molecule has 1 fully saturated rings. The molecule has 118 valence electrons. The minimum absolute atomic E-state index is 0.481. The Morgan fingerprint density at radius 1 is 1.10 bits per heavy atom. The molecule has 1 aromatic carbocycles. The Kier molecular flexibility index (Phi) is 6.57. The lowest BCUT2D eigenvalue weighted by atomic mass is 9.87. The molecule has 0 saturated heterocycles. The van der Waals surface area contributed by atoms with Gasteiger partial charge in [-0.25, -0.2) is 0 Å². The fraction of sp³-hybridized carbons (Fsp3) is 0.684. The van der Waals surface area contributed by atoms with Crippen LogP contribution in [-0.4, -0.2) is 6.54 Å². The Morgan fingerprint density at radius 2 is 1.76 bits per heavy atom. The number of rotatable bonds is 5. The predicted molar refractivity (Wildman–Crippen MR) is 93.2 cm³/mol. The molecule has 1 aliphatic carbocycles. The number of nitrogens with one attached hydrogen (secondary N) is 1. The molecule has 1 atom stereocenters. The zero-order chi connectivity index (χ0) is 15.2. The summed E-state index contributed by atoms with van der Waals surface area (Å²) in [5, 5.41) is 4.60. The SMILES string of the molecule is CCNC(CC1CCCCCC1)c1cc(C)c(Cl)cc1C. The molecule has 0 radical (unpaired) electrons. The Labute approximate surface area is 135 Å². The molecule has 1 unspecified atom stereocenters. The van der Waals surface area contributed by atoms with Gasteiger partial charge in [0, 0.05) is 11.1 Å². The smallest absolute Gasteiger partial charge is 0.0438 e. The largest absolute Gasteiger partial charge is 0.310 e. The number of aryl methyl sites for hydroxylation is 2. The van der Waals surface area contributed by atoms with Crippen LogP contribution in [0.5, 0.6) is 0 Å². The normalized spacial score (nSPS) is 18.5. The van der Waals surface area contributed by atoms with Crippen LogP contribution in [-0.2, 0) is 0 Å². The maximum absolute atomic E-state index is 6.26. The highest BCUT2D eigenvalue weighted by Gasteiger charge is 2.20. The first-order valence-corrected chi connectivity index (χ1v) is 8.99. The van der Waals surface area contributed by atoms with Crippen molar-refractivity contribution in [2.75, 3.05) is 6.54 Å². The van der Waals surface area contributed by atoms with Gasteiger partial charge in [-0.05, 0) is 55.5 Å². The molecule has 1 nitrogen and oxygen atoms in total. The summed E-state index contributed by atoms with van der Waals surface area (Å²) in [6.07, 6.45) is 9.80. The minimum Gasteiger partial charge on any atom is -0.310 e. The van der Waals surface area contributed by atoms with Gasteiger partial charge in [0.05, 0.1) is 0 Å². The molecule has 0 spiro atoms. The summed E-state index contributed by atoms with van der Waals surface area (Å²) in [6.45, 7) is 7.54. The predicted octanol–water partition coefficient (Wildman–Crippen LogP) is 5.97. The summed E-state index contributed by atoms with van der Waals surface area (Å²) in [4.78, 5) is 0. The lowest BCUT2D eigenvalue weighted by molar-refractivity contribution is 0.359. The minimum atomic E-state index is 0.481. The van der Waals surface area contributed by atoms with Gasteiger partial charge in [-0.15, -0.1) is 0 Å². The van der Waals surface area contributed by atoms with E-state index < -0.39 is 0 Å². The monoisotopic (exact) mass is 307 g/mol. The zero-order valence-electron chi connectivity index (χ0n) is 13.8. The van der Waals surface area contributed by atoms with Crippen LogP contribution >= 0.6 is 11.6 Å². The molecule has 1 aromatic rings. The number of halogens is 1. The van der Waals surface area contributed by atoms with Crippen molar-refractivity contribution in [3.8, 4) is 0 Å².